The van der Waals surface area contributed by atoms with Crippen LogP contribution in [0.5, 0.6) is 0 Å². The highest BCUT2D eigenvalue weighted by Crippen LogP contribution is 1.99. The first-order valence-corrected chi connectivity index (χ1v) is 3.56. The fourth-order valence-corrected chi connectivity index (χ4v) is 0.804. The molecule has 0 atom stereocenters. The van der Waals surface area contributed by atoms with E-state index in [1.54, 1.807) is 0 Å². The van der Waals surface area contributed by atoms with E-state index in [-0.39, 0.29) is 0 Å². The van der Waals surface area contributed by atoms with Crippen LogP contribution in [0.4, 0.5) is 0 Å². The summed E-state index contributed by atoms with van der Waals surface area (Å²) < 4.78 is 4.88. The highest BCUT2D eigenvalue weighted by Gasteiger charge is 1.96. The van der Waals surface area contributed by atoms with Crippen LogP contribution in [-0.2, 0) is 6.54 Å². The highest BCUT2D eigenvalue weighted by atomic mass is 16.5. The summed E-state index contributed by atoms with van der Waals surface area (Å²) in [4.78, 5) is 0. The zero-order chi connectivity index (χ0) is 8.10. The van der Waals surface area contributed by atoms with E-state index < -0.39 is 0 Å². The van der Waals surface area contributed by atoms with Gasteiger partial charge in [-0.25, -0.2) is 0 Å². The van der Waals surface area contributed by atoms with Gasteiger partial charge in [0.05, 0.1) is 5.69 Å². The van der Waals surface area contributed by atoms with Crippen LogP contribution in [0, 0.1) is 6.92 Å². The molecule has 0 spiro atoms. The molecule has 1 N–H and O–H groups in total. The number of hydrogen-bond acceptors (Lipinski definition) is 3. The first-order chi connectivity index (χ1) is 5.33. The molecule has 3 heteroatoms. The monoisotopic (exact) mass is 152 g/mol. The summed E-state index contributed by atoms with van der Waals surface area (Å²) in [5.41, 5.74) is 0.935. The Morgan fingerprint density at radius 2 is 2.64 bits per heavy atom. The fourth-order valence-electron chi connectivity index (χ4n) is 0.804. The van der Waals surface area contributed by atoms with Crippen LogP contribution in [0.3, 0.4) is 0 Å². The van der Waals surface area contributed by atoms with Gasteiger partial charge in [-0.2, -0.15) is 0 Å². The predicted octanol–water partition coefficient (Wildman–Crippen LogP) is 1.26. The second-order valence-corrected chi connectivity index (χ2v) is 2.35. The highest BCUT2D eigenvalue weighted by molar-refractivity contribution is 5.02. The van der Waals surface area contributed by atoms with Gasteiger partial charge in [-0.3, -0.25) is 0 Å². The maximum Gasteiger partial charge on any atom is 0.133 e. The van der Waals surface area contributed by atoms with Crippen molar-refractivity contribution in [1.29, 1.82) is 0 Å². The van der Waals surface area contributed by atoms with Gasteiger partial charge in [-0.05, 0) is 6.92 Å². The Morgan fingerprint density at radius 3 is 3.18 bits per heavy atom. The number of nitrogens with one attached hydrogen (secondary N) is 1. The Balaban J connectivity index is 2.32. The number of aromatic nitrogens is 1. The molecule has 0 saturated heterocycles. The van der Waals surface area contributed by atoms with Crippen LogP contribution >= 0.6 is 0 Å². The minimum atomic E-state index is 0.739. The largest absolute Gasteiger partial charge is 0.361 e. The van der Waals surface area contributed by atoms with Crippen LogP contribution in [0.25, 0.3) is 0 Å². The van der Waals surface area contributed by atoms with E-state index in [0.717, 1.165) is 24.5 Å². The lowest BCUT2D eigenvalue weighted by Gasteiger charge is -1.93. The molecule has 0 unspecified atom stereocenters. The van der Waals surface area contributed by atoms with Crippen molar-refractivity contribution < 1.29 is 4.52 Å². The molecule has 11 heavy (non-hydrogen) atoms. The second-order valence-electron chi connectivity index (χ2n) is 2.35. The van der Waals surface area contributed by atoms with E-state index in [1.165, 1.54) is 0 Å². The minimum Gasteiger partial charge on any atom is -0.361 e. The average molecular weight is 152 g/mol. The molecule has 0 aliphatic carbocycles. The van der Waals surface area contributed by atoms with Gasteiger partial charge in [0, 0.05) is 19.2 Å². The predicted molar refractivity (Wildman–Crippen MR) is 43.1 cm³/mol. The number of aryl methyl sites for hydroxylation is 1. The summed E-state index contributed by atoms with van der Waals surface area (Å²) in [6.07, 6.45) is 1.81. The summed E-state index contributed by atoms with van der Waals surface area (Å²) in [5, 5.41) is 6.94. The standard InChI is InChI=1S/C8H12N2O/c1-3-4-9-6-8-5-7(2)11-10-8/h3,5,9H,1,4,6H2,2H3. The molecule has 1 aromatic heterocycles. The van der Waals surface area contributed by atoms with Crippen molar-refractivity contribution >= 4 is 0 Å². The summed E-state index contributed by atoms with van der Waals surface area (Å²) in [7, 11) is 0. The maximum absolute atomic E-state index is 4.88. The van der Waals surface area contributed by atoms with Crippen LogP contribution in [-0.4, -0.2) is 11.7 Å². The fraction of sp³-hybridized carbons (Fsp3) is 0.375. The molecule has 0 aliphatic heterocycles. The number of hydrogen-bond donors (Lipinski definition) is 1. The molecule has 1 heterocycles. The van der Waals surface area contributed by atoms with Crippen molar-refractivity contribution in [2.75, 3.05) is 6.54 Å². The van der Waals surface area contributed by atoms with Gasteiger partial charge in [0.15, 0.2) is 0 Å². The van der Waals surface area contributed by atoms with Crippen LogP contribution in [0.1, 0.15) is 11.5 Å². The summed E-state index contributed by atoms with van der Waals surface area (Å²) in [5.74, 6) is 0.848. The Kier molecular flexibility index (Phi) is 2.86. The minimum absolute atomic E-state index is 0.739. The van der Waals surface area contributed by atoms with Gasteiger partial charge >= 0.3 is 0 Å². The third-order valence-corrected chi connectivity index (χ3v) is 1.27. The van der Waals surface area contributed by atoms with Gasteiger partial charge in [0.2, 0.25) is 0 Å². The normalized spacial score (nSPS) is 9.91. The third-order valence-electron chi connectivity index (χ3n) is 1.27. The summed E-state index contributed by atoms with van der Waals surface area (Å²) in [6.45, 7) is 7.01. The Hall–Kier alpha value is -1.09. The Morgan fingerprint density at radius 1 is 1.82 bits per heavy atom. The molecule has 0 aliphatic rings. The topological polar surface area (TPSA) is 38.1 Å². The molecule has 0 fully saturated rings. The molecule has 3 nitrogen and oxygen atoms in total. The van der Waals surface area contributed by atoms with Crippen LogP contribution < -0.4 is 5.32 Å². The molecule has 0 radical (unpaired) electrons. The van der Waals surface area contributed by atoms with Crippen molar-refractivity contribution in [3.05, 3.63) is 30.2 Å². The lowest BCUT2D eigenvalue weighted by Crippen LogP contribution is -2.12. The van der Waals surface area contributed by atoms with E-state index >= 15 is 0 Å². The molecule has 0 bridgehead atoms. The van der Waals surface area contributed by atoms with E-state index in [0.29, 0.717) is 0 Å². The van der Waals surface area contributed by atoms with Gasteiger partial charge in [-0.15, -0.1) is 6.58 Å². The molecule has 0 amide bonds. The van der Waals surface area contributed by atoms with E-state index in [4.69, 9.17) is 4.52 Å². The first-order valence-electron chi connectivity index (χ1n) is 3.56. The average Bonchev–Trinajstić information content (AvgIpc) is 2.37. The van der Waals surface area contributed by atoms with Gasteiger partial charge in [-0.1, -0.05) is 11.2 Å². The van der Waals surface area contributed by atoms with Crippen molar-refractivity contribution in [2.45, 2.75) is 13.5 Å². The Labute approximate surface area is 66.1 Å². The van der Waals surface area contributed by atoms with Crippen molar-refractivity contribution in [1.82, 2.24) is 10.5 Å². The van der Waals surface area contributed by atoms with Crippen LogP contribution in [0.2, 0.25) is 0 Å². The number of nitrogens with zero attached hydrogens (tertiary/aromatic N) is 1. The Bertz CT molecular complexity index is 230. The molecule has 0 saturated carbocycles. The van der Waals surface area contributed by atoms with E-state index in [9.17, 15) is 0 Å². The molecule has 60 valence electrons. The second kappa shape index (κ2) is 3.93. The zero-order valence-corrected chi connectivity index (χ0v) is 6.63. The summed E-state index contributed by atoms with van der Waals surface area (Å²) >= 11 is 0. The van der Waals surface area contributed by atoms with Gasteiger partial charge in [0.25, 0.3) is 0 Å². The van der Waals surface area contributed by atoms with E-state index in [2.05, 4.69) is 17.1 Å². The first kappa shape index (κ1) is 8.01. The number of rotatable bonds is 4. The molecular formula is C8H12N2O. The third kappa shape index (κ3) is 2.55. The van der Waals surface area contributed by atoms with Gasteiger partial charge < -0.3 is 9.84 Å². The lowest BCUT2D eigenvalue weighted by atomic mass is 10.4. The van der Waals surface area contributed by atoms with Crippen molar-refractivity contribution in [3.63, 3.8) is 0 Å². The smallest absolute Gasteiger partial charge is 0.133 e. The summed E-state index contributed by atoms with van der Waals surface area (Å²) in [6, 6.07) is 1.91. The molecule has 1 aromatic rings. The molecule has 0 aromatic carbocycles. The van der Waals surface area contributed by atoms with E-state index in [1.807, 2.05) is 19.1 Å². The van der Waals surface area contributed by atoms with Crippen LogP contribution in [0.15, 0.2) is 23.2 Å². The van der Waals surface area contributed by atoms with Crippen molar-refractivity contribution in [3.8, 4) is 0 Å². The van der Waals surface area contributed by atoms with Crippen molar-refractivity contribution in [2.24, 2.45) is 0 Å². The van der Waals surface area contributed by atoms with Gasteiger partial charge in [0.1, 0.15) is 5.76 Å². The maximum atomic E-state index is 4.88. The zero-order valence-electron chi connectivity index (χ0n) is 6.63. The lowest BCUT2D eigenvalue weighted by molar-refractivity contribution is 0.388. The molecular weight excluding hydrogens is 140 g/mol. The SMILES string of the molecule is C=CCNCc1cc(C)on1. The quantitative estimate of drug-likeness (QED) is 0.521. The molecule has 1 rings (SSSR count).